The number of nitrogens with two attached hydrogens (primary N) is 1. The number of ether oxygens (including phenoxy) is 1. The zero-order valence-corrected chi connectivity index (χ0v) is 8.83. The number of rotatable bonds is 5. The Balaban J connectivity index is 2.42. The first kappa shape index (κ1) is 12.4. The van der Waals surface area contributed by atoms with E-state index >= 15 is 0 Å². The summed E-state index contributed by atoms with van der Waals surface area (Å²) >= 11 is 0. The lowest BCUT2D eigenvalue weighted by molar-refractivity contribution is -0.151. The minimum atomic E-state index is -0.574. The number of halogens is 1. The van der Waals surface area contributed by atoms with Gasteiger partial charge in [0.2, 0.25) is 0 Å². The molecule has 0 aromatic heterocycles. The lowest BCUT2D eigenvalue weighted by Crippen LogP contribution is -2.27. The van der Waals surface area contributed by atoms with E-state index in [9.17, 15) is 9.18 Å². The van der Waals surface area contributed by atoms with Crippen molar-refractivity contribution >= 4 is 5.97 Å². The topological polar surface area (TPSA) is 73.6 Å². The summed E-state index contributed by atoms with van der Waals surface area (Å²) in [6.07, 6.45) is -0.0163. The SMILES string of the molecule is Cc1ccc(F)c(OCCC(=O)ONN)c1. The maximum atomic E-state index is 13.2. The predicted octanol–water partition coefficient (Wildman–Crippen LogP) is 0.825. The number of nitrogens with one attached hydrogen (secondary N) is 1. The number of hydrazine groups is 1. The van der Waals surface area contributed by atoms with Crippen molar-refractivity contribution in [3.63, 3.8) is 0 Å². The van der Waals surface area contributed by atoms with E-state index in [-0.39, 0.29) is 18.8 Å². The van der Waals surface area contributed by atoms with Gasteiger partial charge in [-0.2, -0.15) is 0 Å². The molecule has 0 heterocycles. The van der Waals surface area contributed by atoms with Crippen LogP contribution in [0.4, 0.5) is 4.39 Å². The third-order valence-electron chi connectivity index (χ3n) is 1.82. The van der Waals surface area contributed by atoms with Crippen LogP contribution in [0, 0.1) is 12.7 Å². The molecular formula is C10H13FN2O3. The van der Waals surface area contributed by atoms with Gasteiger partial charge in [0.25, 0.3) is 0 Å². The molecule has 1 aromatic carbocycles. The number of hydrogen-bond acceptors (Lipinski definition) is 5. The fourth-order valence-electron chi connectivity index (χ4n) is 1.08. The van der Waals surface area contributed by atoms with E-state index in [4.69, 9.17) is 10.6 Å². The standard InChI is InChI=1S/C10H13FN2O3/c1-7-2-3-8(11)9(6-7)15-5-4-10(14)16-13-12/h2-3,6,13H,4-5,12H2,1H3. The molecule has 0 aliphatic heterocycles. The lowest BCUT2D eigenvalue weighted by atomic mass is 10.2. The first-order valence-corrected chi connectivity index (χ1v) is 4.67. The van der Waals surface area contributed by atoms with E-state index in [1.165, 1.54) is 6.07 Å². The molecule has 1 aromatic rings. The first-order chi connectivity index (χ1) is 7.63. The van der Waals surface area contributed by atoms with Crippen molar-refractivity contribution in [2.24, 2.45) is 5.84 Å². The molecule has 0 saturated carbocycles. The Morgan fingerprint density at radius 2 is 2.31 bits per heavy atom. The summed E-state index contributed by atoms with van der Waals surface area (Å²) in [5, 5.41) is 0. The van der Waals surface area contributed by atoms with Gasteiger partial charge in [-0.25, -0.2) is 10.2 Å². The van der Waals surface area contributed by atoms with E-state index in [1.54, 1.807) is 17.7 Å². The third kappa shape index (κ3) is 3.84. The molecule has 0 bridgehead atoms. The molecule has 1 rings (SSSR count). The molecule has 88 valence electrons. The molecule has 3 N–H and O–H groups in total. The summed E-state index contributed by atoms with van der Waals surface area (Å²) in [4.78, 5) is 15.1. The van der Waals surface area contributed by atoms with Crippen LogP contribution >= 0.6 is 0 Å². The molecule has 0 fully saturated rings. The van der Waals surface area contributed by atoms with Crippen molar-refractivity contribution in [3.8, 4) is 5.75 Å². The lowest BCUT2D eigenvalue weighted by Gasteiger charge is -2.07. The maximum Gasteiger partial charge on any atom is 0.329 e. The van der Waals surface area contributed by atoms with E-state index in [0.717, 1.165) is 5.56 Å². The van der Waals surface area contributed by atoms with E-state index < -0.39 is 11.8 Å². The van der Waals surface area contributed by atoms with Gasteiger partial charge in [0.05, 0.1) is 13.0 Å². The van der Waals surface area contributed by atoms with Crippen molar-refractivity contribution in [2.45, 2.75) is 13.3 Å². The average Bonchev–Trinajstić information content (AvgIpc) is 2.23. The predicted molar refractivity (Wildman–Crippen MR) is 54.7 cm³/mol. The molecule has 6 heteroatoms. The third-order valence-corrected chi connectivity index (χ3v) is 1.82. The van der Waals surface area contributed by atoms with Gasteiger partial charge < -0.3 is 9.57 Å². The molecule has 0 saturated heterocycles. The quantitative estimate of drug-likeness (QED) is 0.576. The number of aryl methyl sites for hydroxylation is 1. The summed E-state index contributed by atoms with van der Waals surface area (Å²) in [7, 11) is 0. The summed E-state index contributed by atoms with van der Waals surface area (Å²) in [5.74, 6) is 3.85. The molecule has 0 spiro atoms. The maximum absolute atomic E-state index is 13.2. The number of carbonyl (C=O) groups excluding carboxylic acids is 1. The Hall–Kier alpha value is -1.66. The highest BCUT2D eigenvalue weighted by atomic mass is 19.1. The Labute approximate surface area is 92.3 Å². The highest BCUT2D eigenvalue weighted by molar-refractivity contribution is 5.69. The second-order valence-electron chi connectivity index (χ2n) is 3.12. The Bertz CT molecular complexity index is 371. The molecule has 0 aliphatic carbocycles. The summed E-state index contributed by atoms with van der Waals surface area (Å²) < 4.78 is 18.3. The van der Waals surface area contributed by atoms with Crippen LogP contribution in [0.1, 0.15) is 12.0 Å². The van der Waals surface area contributed by atoms with E-state index in [1.807, 2.05) is 6.92 Å². The van der Waals surface area contributed by atoms with Gasteiger partial charge >= 0.3 is 5.97 Å². The van der Waals surface area contributed by atoms with Crippen molar-refractivity contribution in [3.05, 3.63) is 29.6 Å². The van der Waals surface area contributed by atoms with Crippen LogP contribution in [0.5, 0.6) is 5.75 Å². The van der Waals surface area contributed by atoms with Gasteiger partial charge in [-0.1, -0.05) is 11.7 Å². The zero-order chi connectivity index (χ0) is 12.0. The Morgan fingerprint density at radius 1 is 1.56 bits per heavy atom. The Kier molecular flexibility index (Phi) is 4.68. The zero-order valence-electron chi connectivity index (χ0n) is 8.83. The summed E-state index contributed by atoms with van der Waals surface area (Å²) in [6, 6.07) is 4.50. The summed E-state index contributed by atoms with van der Waals surface area (Å²) in [6.45, 7) is 1.85. The average molecular weight is 228 g/mol. The van der Waals surface area contributed by atoms with Crippen molar-refractivity contribution < 1.29 is 18.8 Å². The Morgan fingerprint density at radius 3 is 3.00 bits per heavy atom. The number of carbonyl (C=O) groups is 1. The largest absolute Gasteiger partial charge is 0.490 e. The van der Waals surface area contributed by atoms with Crippen LogP contribution in [0.25, 0.3) is 0 Å². The van der Waals surface area contributed by atoms with Crippen molar-refractivity contribution in [1.29, 1.82) is 0 Å². The minimum Gasteiger partial charge on any atom is -0.490 e. The van der Waals surface area contributed by atoms with Crippen LogP contribution in [-0.2, 0) is 9.63 Å². The van der Waals surface area contributed by atoms with Crippen LogP contribution in [0.3, 0.4) is 0 Å². The van der Waals surface area contributed by atoms with Crippen molar-refractivity contribution in [2.75, 3.05) is 6.61 Å². The van der Waals surface area contributed by atoms with Gasteiger partial charge in [0.1, 0.15) is 0 Å². The molecular weight excluding hydrogens is 215 g/mol. The number of benzene rings is 1. The molecule has 0 unspecified atom stereocenters. The van der Waals surface area contributed by atoms with Crippen LogP contribution in [0.2, 0.25) is 0 Å². The fourth-order valence-corrected chi connectivity index (χ4v) is 1.08. The van der Waals surface area contributed by atoms with Crippen LogP contribution in [-0.4, -0.2) is 12.6 Å². The van der Waals surface area contributed by atoms with Gasteiger partial charge in [0, 0.05) is 0 Å². The van der Waals surface area contributed by atoms with Gasteiger partial charge in [-0.3, -0.25) is 4.79 Å². The molecule has 0 aliphatic rings. The van der Waals surface area contributed by atoms with E-state index in [2.05, 4.69) is 4.84 Å². The first-order valence-electron chi connectivity index (χ1n) is 4.67. The second-order valence-corrected chi connectivity index (χ2v) is 3.12. The van der Waals surface area contributed by atoms with Crippen LogP contribution < -0.4 is 16.2 Å². The van der Waals surface area contributed by atoms with Crippen LogP contribution in [0.15, 0.2) is 18.2 Å². The fraction of sp³-hybridized carbons (Fsp3) is 0.300. The highest BCUT2D eigenvalue weighted by Crippen LogP contribution is 2.18. The normalized spacial score (nSPS) is 9.94. The molecule has 0 amide bonds. The highest BCUT2D eigenvalue weighted by Gasteiger charge is 2.06. The second kappa shape index (κ2) is 6.04. The molecule has 16 heavy (non-hydrogen) atoms. The van der Waals surface area contributed by atoms with E-state index in [0.29, 0.717) is 0 Å². The van der Waals surface area contributed by atoms with Gasteiger partial charge in [-0.05, 0) is 24.6 Å². The number of hydrogen-bond donors (Lipinski definition) is 2. The van der Waals surface area contributed by atoms with Crippen molar-refractivity contribution in [1.82, 2.24) is 5.59 Å². The molecule has 0 radical (unpaired) electrons. The monoisotopic (exact) mass is 228 g/mol. The molecule has 0 atom stereocenters. The minimum absolute atomic E-state index is 0.0163. The van der Waals surface area contributed by atoms with Gasteiger partial charge in [0.15, 0.2) is 11.6 Å². The summed E-state index contributed by atoms with van der Waals surface area (Å²) in [5.41, 5.74) is 2.63. The van der Waals surface area contributed by atoms with Gasteiger partial charge in [-0.15, -0.1) is 0 Å². The smallest absolute Gasteiger partial charge is 0.329 e. The molecule has 5 nitrogen and oxygen atoms in total.